The fourth-order valence-electron chi connectivity index (χ4n) is 2.20. The summed E-state index contributed by atoms with van der Waals surface area (Å²) in [5, 5.41) is 2.28. The molecule has 0 bridgehead atoms. The summed E-state index contributed by atoms with van der Waals surface area (Å²) in [4.78, 5) is 11.6. The van der Waals surface area contributed by atoms with Gasteiger partial charge >= 0.3 is 5.97 Å². The van der Waals surface area contributed by atoms with Crippen LogP contribution in [0.1, 0.15) is 10.4 Å². The van der Waals surface area contributed by atoms with Crippen molar-refractivity contribution in [1.82, 2.24) is 0 Å². The van der Waals surface area contributed by atoms with Crippen molar-refractivity contribution >= 4 is 32.7 Å². The summed E-state index contributed by atoms with van der Waals surface area (Å²) < 4.78 is 11.2. The van der Waals surface area contributed by atoms with Gasteiger partial charge in [0.15, 0.2) is 0 Å². The summed E-state index contributed by atoms with van der Waals surface area (Å²) in [7, 11) is 1.36. The lowest BCUT2D eigenvalue weighted by Gasteiger charge is -2.09. The van der Waals surface area contributed by atoms with Crippen molar-refractivity contribution in [3.63, 3.8) is 0 Å². The van der Waals surface area contributed by atoms with Crippen LogP contribution in [0.4, 0.5) is 0 Å². The highest BCUT2D eigenvalue weighted by Gasteiger charge is 2.11. The number of ether oxygens (including phenoxy) is 2. The maximum atomic E-state index is 11.6. The van der Waals surface area contributed by atoms with Gasteiger partial charge in [-0.25, -0.2) is 4.79 Å². The number of halogens is 1. The van der Waals surface area contributed by atoms with Crippen molar-refractivity contribution < 1.29 is 14.3 Å². The Morgan fingerprint density at radius 3 is 2.32 bits per heavy atom. The van der Waals surface area contributed by atoms with E-state index in [2.05, 4.69) is 22.0 Å². The lowest BCUT2D eigenvalue weighted by molar-refractivity contribution is 0.0599. The van der Waals surface area contributed by atoms with E-state index in [1.165, 1.54) is 7.11 Å². The second-order valence-corrected chi connectivity index (χ2v) is 5.60. The number of carbonyl (C=O) groups excluding carboxylic acids is 1. The van der Waals surface area contributed by atoms with E-state index in [9.17, 15) is 4.79 Å². The zero-order valence-corrected chi connectivity index (χ0v) is 13.5. The Morgan fingerprint density at radius 2 is 1.59 bits per heavy atom. The molecule has 0 spiro atoms. The first-order valence-electron chi connectivity index (χ1n) is 6.72. The van der Waals surface area contributed by atoms with Crippen LogP contribution in [0.5, 0.6) is 11.5 Å². The molecule has 3 nitrogen and oxygen atoms in total. The van der Waals surface area contributed by atoms with Gasteiger partial charge in [0.1, 0.15) is 11.5 Å². The number of hydrogen-bond donors (Lipinski definition) is 0. The predicted octanol–water partition coefficient (Wildman–Crippen LogP) is 5.18. The van der Waals surface area contributed by atoms with E-state index < -0.39 is 0 Å². The molecule has 22 heavy (non-hydrogen) atoms. The number of methoxy groups -OCH3 is 1. The van der Waals surface area contributed by atoms with Gasteiger partial charge in [-0.2, -0.15) is 0 Å². The minimum atomic E-state index is -0.385. The van der Waals surface area contributed by atoms with Gasteiger partial charge in [-0.05, 0) is 57.0 Å². The molecular formula is C18H13BrO3. The third-order valence-corrected chi connectivity index (χ3v) is 3.96. The minimum Gasteiger partial charge on any atom is -0.465 e. The van der Waals surface area contributed by atoms with Crippen molar-refractivity contribution in [2.75, 3.05) is 7.11 Å². The molecule has 0 aliphatic carbocycles. The number of hydrogen-bond acceptors (Lipinski definition) is 3. The standard InChI is InChI=1S/C18H13BrO3/c1-21-18(20)16-9-8-15(11-17(16)19)22-14-7-6-12-4-2-3-5-13(12)10-14/h2-11H,1H3. The quantitative estimate of drug-likeness (QED) is 0.606. The highest BCUT2D eigenvalue weighted by molar-refractivity contribution is 9.10. The molecule has 0 heterocycles. The van der Waals surface area contributed by atoms with Gasteiger partial charge < -0.3 is 9.47 Å². The van der Waals surface area contributed by atoms with Gasteiger partial charge in [0, 0.05) is 4.47 Å². The Balaban J connectivity index is 1.88. The van der Waals surface area contributed by atoms with Gasteiger partial charge in [0.05, 0.1) is 12.7 Å². The monoisotopic (exact) mass is 356 g/mol. The molecule has 110 valence electrons. The molecular weight excluding hydrogens is 344 g/mol. The van der Waals surface area contributed by atoms with Crippen LogP contribution < -0.4 is 4.74 Å². The van der Waals surface area contributed by atoms with Crippen LogP contribution in [0.3, 0.4) is 0 Å². The first-order valence-corrected chi connectivity index (χ1v) is 7.51. The molecule has 0 aliphatic heterocycles. The average Bonchev–Trinajstić information content (AvgIpc) is 2.54. The Morgan fingerprint density at radius 1 is 0.909 bits per heavy atom. The van der Waals surface area contributed by atoms with E-state index in [0.717, 1.165) is 16.5 Å². The maximum Gasteiger partial charge on any atom is 0.339 e. The van der Waals surface area contributed by atoms with Crippen LogP contribution in [0.25, 0.3) is 10.8 Å². The second kappa shape index (κ2) is 6.20. The third-order valence-electron chi connectivity index (χ3n) is 3.30. The summed E-state index contributed by atoms with van der Waals surface area (Å²) in [6, 6.07) is 19.2. The van der Waals surface area contributed by atoms with Crippen LogP contribution in [0.15, 0.2) is 65.1 Å². The second-order valence-electron chi connectivity index (χ2n) is 4.74. The molecule has 0 N–H and O–H groups in total. The Bertz CT molecular complexity index is 843. The fourth-order valence-corrected chi connectivity index (χ4v) is 2.72. The number of benzene rings is 3. The fraction of sp³-hybridized carbons (Fsp3) is 0.0556. The molecule has 0 unspecified atom stereocenters. The smallest absolute Gasteiger partial charge is 0.339 e. The topological polar surface area (TPSA) is 35.5 Å². The molecule has 4 heteroatoms. The van der Waals surface area contributed by atoms with Crippen LogP contribution in [0.2, 0.25) is 0 Å². The van der Waals surface area contributed by atoms with Crippen molar-refractivity contribution in [1.29, 1.82) is 0 Å². The van der Waals surface area contributed by atoms with Gasteiger partial charge in [-0.1, -0.05) is 30.3 Å². The number of rotatable bonds is 3. The molecule has 3 rings (SSSR count). The van der Waals surface area contributed by atoms with Crippen LogP contribution in [-0.4, -0.2) is 13.1 Å². The van der Waals surface area contributed by atoms with Crippen LogP contribution >= 0.6 is 15.9 Å². The normalized spacial score (nSPS) is 10.5. The lowest BCUT2D eigenvalue weighted by Crippen LogP contribution is -2.02. The highest BCUT2D eigenvalue weighted by Crippen LogP contribution is 2.29. The predicted molar refractivity (Wildman–Crippen MR) is 89.5 cm³/mol. The molecule has 0 aliphatic rings. The third kappa shape index (κ3) is 2.97. The van der Waals surface area contributed by atoms with E-state index in [0.29, 0.717) is 15.8 Å². The molecule has 0 radical (unpaired) electrons. The number of carbonyl (C=O) groups is 1. The van der Waals surface area contributed by atoms with E-state index >= 15 is 0 Å². The largest absolute Gasteiger partial charge is 0.465 e. The summed E-state index contributed by atoms with van der Waals surface area (Å²) in [5.41, 5.74) is 0.466. The summed E-state index contributed by atoms with van der Waals surface area (Å²) >= 11 is 3.36. The van der Waals surface area contributed by atoms with Crippen molar-refractivity contribution in [2.45, 2.75) is 0 Å². The summed E-state index contributed by atoms with van der Waals surface area (Å²) in [5.74, 6) is 1.01. The first kappa shape index (κ1) is 14.6. The van der Waals surface area contributed by atoms with Gasteiger partial charge in [-0.15, -0.1) is 0 Å². The molecule has 0 atom stereocenters. The molecule has 3 aromatic rings. The molecule has 0 saturated heterocycles. The molecule has 0 aromatic heterocycles. The summed E-state index contributed by atoms with van der Waals surface area (Å²) in [6.45, 7) is 0. The number of esters is 1. The molecule has 0 saturated carbocycles. The van der Waals surface area contributed by atoms with E-state index in [1.54, 1.807) is 18.2 Å². The molecule has 0 fully saturated rings. The van der Waals surface area contributed by atoms with Gasteiger partial charge in [-0.3, -0.25) is 0 Å². The maximum absolute atomic E-state index is 11.6. The Labute approximate surface area is 136 Å². The van der Waals surface area contributed by atoms with E-state index in [-0.39, 0.29) is 5.97 Å². The average molecular weight is 357 g/mol. The van der Waals surface area contributed by atoms with Crippen molar-refractivity contribution in [2.24, 2.45) is 0 Å². The summed E-state index contributed by atoms with van der Waals surface area (Å²) in [6.07, 6.45) is 0. The molecule has 0 amide bonds. The van der Waals surface area contributed by atoms with Crippen molar-refractivity contribution in [3.05, 3.63) is 70.7 Å². The Hall–Kier alpha value is -2.33. The van der Waals surface area contributed by atoms with E-state index in [1.807, 2.05) is 36.4 Å². The van der Waals surface area contributed by atoms with Crippen molar-refractivity contribution in [3.8, 4) is 11.5 Å². The minimum absolute atomic E-state index is 0.385. The number of fused-ring (bicyclic) bond motifs is 1. The highest BCUT2D eigenvalue weighted by atomic mass is 79.9. The SMILES string of the molecule is COC(=O)c1ccc(Oc2ccc3ccccc3c2)cc1Br. The lowest BCUT2D eigenvalue weighted by atomic mass is 10.1. The van der Waals surface area contributed by atoms with E-state index in [4.69, 9.17) is 9.47 Å². The zero-order chi connectivity index (χ0) is 15.5. The molecule has 3 aromatic carbocycles. The first-order chi connectivity index (χ1) is 10.7. The van der Waals surface area contributed by atoms with Crippen LogP contribution in [0, 0.1) is 0 Å². The Kier molecular flexibility index (Phi) is 4.11. The van der Waals surface area contributed by atoms with Crippen LogP contribution in [-0.2, 0) is 4.74 Å². The zero-order valence-electron chi connectivity index (χ0n) is 11.9. The van der Waals surface area contributed by atoms with Gasteiger partial charge in [0.25, 0.3) is 0 Å². The van der Waals surface area contributed by atoms with Gasteiger partial charge in [0.2, 0.25) is 0 Å².